The van der Waals surface area contributed by atoms with Crippen LogP contribution in [0.1, 0.15) is 41.6 Å². The van der Waals surface area contributed by atoms with Gasteiger partial charge in [-0.15, -0.1) is 0 Å². The van der Waals surface area contributed by atoms with Crippen molar-refractivity contribution < 1.29 is 19.2 Å². The second kappa shape index (κ2) is 5.20. The SMILES string of the molecule is CC.CC(=O)ON1C(=O)c2cccnc2C1=O. The molecule has 0 bridgehead atoms. The van der Waals surface area contributed by atoms with Gasteiger partial charge < -0.3 is 4.84 Å². The maximum absolute atomic E-state index is 11.5. The minimum absolute atomic E-state index is 0.00347. The predicted molar refractivity (Wildman–Crippen MR) is 57.9 cm³/mol. The molecule has 17 heavy (non-hydrogen) atoms. The third-order valence-corrected chi connectivity index (χ3v) is 1.83. The highest BCUT2D eigenvalue weighted by atomic mass is 16.7. The lowest BCUT2D eigenvalue weighted by Crippen LogP contribution is -2.31. The van der Waals surface area contributed by atoms with E-state index in [4.69, 9.17) is 0 Å². The molecule has 2 heterocycles. The standard InChI is InChI=1S/C9H6N2O4.C2H6/c1-5(12)15-11-8(13)6-3-2-4-10-7(6)9(11)14;1-2/h2-4H,1H3;1-2H3. The maximum atomic E-state index is 11.5. The Kier molecular flexibility index (Phi) is 3.92. The number of hydrogen-bond acceptors (Lipinski definition) is 5. The van der Waals surface area contributed by atoms with Crippen LogP contribution in [0.5, 0.6) is 0 Å². The van der Waals surface area contributed by atoms with E-state index in [1.165, 1.54) is 18.3 Å². The van der Waals surface area contributed by atoms with E-state index in [0.29, 0.717) is 5.06 Å². The lowest BCUT2D eigenvalue weighted by atomic mass is 10.2. The zero-order chi connectivity index (χ0) is 13.0. The van der Waals surface area contributed by atoms with Crippen LogP contribution < -0.4 is 0 Å². The van der Waals surface area contributed by atoms with Crippen LogP contribution in [-0.2, 0) is 9.63 Å². The molecule has 6 nitrogen and oxygen atoms in total. The topological polar surface area (TPSA) is 76.6 Å². The molecule has 0 aromatic carbocycles. The smallest absolute Gasteiger partial charge is 0.330 e. The minimum atomic E-state index is -0.732. The van der Waals surface area contributed by atoms with Crippen LogP contribution in [0.4, 0.5) is 0 Å². The summed E-state index contributed by atoms with van der Waals surface area (Å²) in [7, 11) is 0. The fourth-order valence-electron chi connectivity index (χ4n) is 1.26. The summed E-state index contributed by atoms with van der Waals surface area (Å²) in [5.74, 6) is -2.12. The van der Waals surface area contributed by atoms with Crippen molar-refractivity contribution in [1.82, 2.24) is 10.0 Å². The van der Waals surface area contributed by atoms with Gasteiger partial charge in [0, 0.05) is 13.1 Å². The molecule has 0 spiro atoms. The van der Waals surface area contributed by atoms with E-state index in [2.05, 4.69) is 9.82 Å². The van der Waals surface area contributed by atoms with Crippen LogP contribution in [0.3, 0.4) is 0 Å². The summed E-state index contributed by atoms with van der Waals surface area (Å²) in [5, 5.41) is 0.417. The van der Waals surface area contributed by atoms with Crippen LogP contribution >= 0.6 is 0 Å². The number of hydroxylamine groups is 2. The number of pyridine rings is 1. The normalized spacial score (nSPS) is 12.8. The maximum Gasteiger partial charge on any atom is 0.330 e. The van der Waals surface area contributed by atoms with Crippen molar-refractivity contribution in [2.24, 2.45) is 0 Å². The van der Waals surface area contributed by atoms with Gasteiger partial charge in [-0.25, -0.2) is 4.79 Å². The Labute approximate surface area is 98.2 Å². The summed E-state index contributed by atoms with van der Waals surface area (Å²) < 4.78 is 0. The van der Waals surface area contributed by atoms with E-state index in [0.717, 1.165) is 6.92 Å². The highest BCUT2D eigenvalue weighted by Gasteiger charge is 2.39. The molecule has 0 atom stereocenters. The first kappa shape index (κ1) is 12.8. The number of rotatable bonds is 1. The van der Waals surface area contributed by atoms with Gasteiger partial charge in [0.25, 0.3) is 5.91 Å². The number of imide groups is 1. The molecule has 2 rings (SSSR count). The Morgan fingerprint density at radius 1 is 1.29 bits per heavy atom. The number of amides is 2. The zero-order valence-electron chi connectivity index (χ0n) is 9.76. The third kappa shape index (κ3) is 2.30. The summed E-state index contributed by atoms with van der Waals surface area (Å²) in [6.45, 7) is 5.11. The van der Waals surface area contributed by atoms with E-state index < -0.39 is 17.8 Å². The molecule has 0 radical (unpaired) electrons. The summed E-state index contributed by atoms with van der Waals surface area (Å²) in [6.07, 6.45) is 1.39. The lowest BCUT2D eigenvalue weighted by molar-refractivity contribution is -0.165. The molecule has 0 N–H and O–H groups in total. The van der Waals surface area contributed by atoms with Crippen LogP contribution in [-0.4, -0.2) is 27.8 Å². The molecule has 1 aromatic heterocycles. The van der Waals surface area contributed by atoms with E-state index in [1.54, 1.807) is 0 Å². The number of carbonyl (C=O) groups is 3. The van der Waals surface area contributed by atoms with E-state index in [-0.39, 0.29) is 11.3 Å². The molecule has 1 aliphatic heterocycles. The van der Waals surface area contributed by atoms with Crippen molar-refractivity contribution in [3.8, 4) is 0 Å². The number of hydrogen-bond donors (Lipinski definition) is 0. The predicted octanol–water partition coefficient (Wildman–Crippen LogP) is 1.18. The largest absolute Gasteiger partial charge is 0.330 e. The van der Waals surface area contributed by atoms with E-state index in [9.17, 15) is 14.4 Å². The van der Waals surface area contributed by atoms with E-state index in [1.807, 2.05) is 13.8 Å². The van der Waals surface area contributed by atoms with Crippen molar-refractivity contribution in [2.45, 2.75) is 20.8 Å². The molecule has 2 amide bonds. The monoisotopic (exact) mass is 236 g/mol. The van der Waals surface area contributed by atoms with Gasteiger partial charge in [-0.2, -0.15) is 0 Å². The molecule has 0 saturated heterocycles. The average molecular weight is 236 g/mol. The first-order valence-corrected chi connectivity index (χ1v) is 5.13. The molecule has 6 heteroatoms. The third-order valence-electron chi connectivity index (χ3n) is 1.83. The summed E-state index contributed by atoms with van der Waals surface area (Å²) >= 11 is 0. The molecular weight excluding hydrogens is 224 g/mol. The summed E-state index contributed by atoms with van der Waals surface area (Å²) in [6, 6.07) is 2.98. The average Bonchev–Trinajstić information content (AvgIpc) is 2.57. The Hall–Kier alpha value is -2.24. The Morgan fingerprint density at radius 3 is 2.47 bits per heavy atom. The molecule has 0 unspecified atom stereocenters. The van der Waals surface area contributed by atoms with Gasteiger partial charge in [0.05, 0.1) is 5.56 Å². The fourth-order valence-corrected chi connectivity index (χ4v) is 1.26. The molecule has 90 valence electrons. The molecule has 0 fully saturated rings. The number of nitrogens with zero attached hydrogens (tertiary/aromatic N) is 2. The molecule has 0 saturated carbocycles. The van der Waals surface area contributed by atoms with Crippen molar-refractivity contribution in [2.75, 3.05) is 0 Å². The van der Waals surface area contributed by atoms with Crippen molar-refractivity contribution >= 4 is 17.8 Å². The first-order valence-electron chi connectivity index (χ1n) is 5.13. The Bertz CT molecular complexity index is 435. The molecule has 1 aliphatic rings. The Balaban J connectivity index is 0.000000686. The van der Waals surface area contributed by atoms with Crippen LogP contribution in [0, 0.1) is 0 Å². The highest BCUT2D eigenvalue weighted by molar-refractivity contribution is 6.19. The van der Waals surface area contributed by atoms with Gasteiger partial charge >= 0.3 is 11.9 Å². The van der Waals surface area contributed by atoms with Gasteiger partial charge in [0.15, 0.2) is 0 Å². The van der Waals surface area contributed by atoms with E-state index >= 15 is 0 Å². The Morgan fingerprint density at radius 2 is 1.94 bits per heavy atom. The second-order valence-corrected chi connectivity index (χ2v) is 2.89. The number of fused-ring (bicyclic) bond motifs is 1. The van der Waals surface area contributed by atoms with Crippen LogP contribution in [0.25, 0.3) is 0 Å². The van der Waals surface area contributed by atoms with Crippen molar-refractivity contribution in [3.05, 3.63) is 29.6 Å². The van der Waals surface area contributed by atoms with Crippen LogP contribution in [0.2, 0.25) is 0 Å². The first-order chi connectivity index (χ1) is 8.11. The van der Waals surface area contributed by atoms with Gasteiger partial charge in [-0.3, -0.25) is 14.6 Å². The fraction of sp³-hybridized carbons (Fsp3) is 0.273. The number of aromatic nitrogens is 1. The van der Waals surface area contributed by atoms with Gasteiger partial charge in [-0.1, -0.05) is 18.9 Å². The summed E-state index contributed by atoms with van der Waals surface area (Å²) in [4.78, 5) is 41.9. The quantitative estimate of drug-likeness (QED) is 0.684. The number of carbonyl (C=O) groups excluding carboxylic acids is 3. The van der Waals surface area contributed by atoms with Crippen molar-refractivity contribution in [1.29, 1.82) is 0 Å². The molecule has 1 aromatic rings. The highest BCUT2D eigenvalue weighted by Crippen LogP contribution is 2.20. The second-order valence-electron chi connectivity index (χ2n) is 2.89. The van der Waals surface area contributed by atoms with Gasteiger partial charge in [0.1, 0.15) is 5.69 Å². The minimum Gasteiger partial charge on any atom is -0.330 e. The summed E-state index contributed by atoms with van der Waals surface area (Å²) in [5.41, 5.74) is 0.146. The zero-order valence-corrected chi connectivity index (χ0v) is 9.76. The molecule has 0 aliphatic carbocycles. The lowest BCUT2D eigenvalue weighted by Gasteiger charge is -2.09. The van der Waals surface area contributed by atoms with Crippen LogP contribution in [0.15, 0.2) is 18.3 Å². The van der Waals surface area contributed by atoms with Gasteiger partial charge in [0.2, 0.25) is 0 Å². The van der Waals surface area contributed by atoms with Crippen molar-refractivity contribution in [3.63, 3.8) is 0 Å². The van der Waals surface area contributed by atoms with Gasteiger partial charge in [-0.05, 0) is 12.1 Å². The molecular formula is C11H12N2O4.